The van der Waals surface area contributed by atoms with Crippen LogP contribution in [0.5, 0.6) is 0 Å². The van der Waals surface area contributed by atoms with Crippen LogP contribution < -0.4 is 5.32 Å². The molecule has 1 N–H and O–H groups in total. The normalized spacial score (nSPS) is 19.1. The van der Waals surface area contributed by atoms with Crippen molar-refractivity contribution in [1.82, 2.24) is 25.1 Å². The first-order valence-electron chi connectivity index (χ1n) is 10.1. The first kappa shape index (κ1) is 19.6. The van der Waals surface area contributed by atoms with E-state index in [1.807, 2.05) is 47.0 Å². The van der Waals surface area contributed by atoms with Crippen molar-refractivity contribution in [3.8, 4) is 17.1 Å². The summed E-state index contributed by atoms with van der Waals surface area (Å²) < 4.78 is 2.00. The Bertz CT molecular complexity index is 944. The molecular weight excluding hydrogens is 382 g/mol. The van der Waals surface area contributed by atoms with Gasteiger partial charge in [-0.3, -0.25) is 14.3 Å². The molecule has 2 heterocycles. The topological polar surface area (TPSA) is 72.7 Å². The smallest absolute Gasteiger partial charge is 0.230 e. The Morgan fingerprint density at radius 3 is 2.62 bits per heavy atom. The van der Waals surface area contributed by atoms with Crippen molar-refractivity contribution in [2.75, 3.05) is 5.75 Å². The number of carbonyl (C=O) groups excluding carboxylic acids is 1. The number of para-hydroxylation sites is 1. The third-order valence-corrected chi connectivity index (χ3v) is 6.31. The molecule has 6 nitrogen and oxygen atoms in total. The fraction of sp³-hybridized carbons (Fsp3) is 0.364. The molecule has 29 heavy (non-hydrogen) atoms. The lowest BCUT2D eigenvalue weighted by atomic mass is 9.86. The SMILES string of the molecule is CC1CCCCC1NC(=O)CSc1nnc(-c2ccncc2)n1-c1ccccc1. The lowest BCUT2D eigenvalue weighted by Crippen LogP contribution is -2.41. The van der Waals surface area contributed by atoms with E-state index in [0.717, 1.165) is 23.5 Å². The van der Waals surface area contributed by atoms with Gasteiger partial charge in [-0.05, 0) is 43.0 Å². The second kappa shape index (κ2) is 9.22. The van der Waals surface area contributed by atoms with Crippen molar-refractivity contribution < 1.29 is 4.79 Å². The molecule has 3 aromatic rings. The molecule has 0 saturated heterocycles. The van der Waals surface area contributed by atoms with Crippen molar-refractivity contribution in [1.29, 1.82) is 0 Å². The molecule has 1 fully saturated rings. The fourth-order valence-electron chi connectivity index (χ4n) is 3.77. The minimum absolute atomic E-state index is 0.0572. The number of benzene rings is 1. The highest BCUT2D eigenvalue weighted by atomic mass is 32.2. The van der Waals surface area contributed by atoms with E-state index in [1.54, 1.807) is 12.4 Å². The monoisotopic (exact) mass is 407 g/mol. The Balaban J connectivity index is 1.53. The van der Waals surface area contributed by atoms with E-state index in [2.05, 4.69) is 27.4 Å². The summed E-state index contributed by atoms with van der Waals surface area (Å²) in [5.41, 5.74) is 1.90. The zero-order chi connectivity index (χ0) is 20.1. The summed E-state index contributed by atoms with van der Waals surface area (Å²) >= 11 is 1.42. The minimum Gasteiger partial charge on any atom is -0.352 e. The number of thioether (sulfide) groups is 1. The minimum atomic E-state index is 0.0572. The second-order valence-electron chi connectivity index (χ2n) is 7.44. The van der Waals surface area contributed by atoms with Crippen LogP contribution in [0.4, 0.5) is 0 Å². The van der Waals surface area contributed by atoms with Gasteiger partial charge in [0.25, 0.3) is 0 Å². The molecule has 4 rings (SSSR count). The molecule has 2 unspecified atom stereocenters. The summed E-state index contributed by atoms with van der Waals surface area (Å²) in [5, 5.41) is 12.7. The number of aromatic nitrogens is 4. The van der Waals surface area contributed by atoms with Gasteiger partial charge >= 0.3 is 0 Å². The molecule has 0 aliphatic heterocycles. The van der Waals surface area contributed by atoms with E-state index in [-0.39, 0.29) is 11.9 Å². The van der Waals surface area contributed by atoms with Crippen LogP contribution in [0, 0.1) is 5.92 Å². The quantitative estimate of drug-likeness (QED) is 0.623. The standard InChI is InChI=1S/C22H25N5OS/c1-16-7-5-6-10-19(16)24-20(28)15-29-22-26-25-21(17-11-13-23-14-12-17)27(22)18-8-3-2-4-9-18/h2-4,8-9,11-14,16,19H,5-7,10,15H2,1H3,(H,24,28). The Morgan fingerprint density at radius 1 is 1.10 bits per heavy atom. The van der Waals surface area contributed by atoms with Crippen molar-refractivity contribution in [2.45, 2.75) is 43.8 Å². The average molecular weight is 408 g/mol. The number of hydrogen-bond acceptors (Lipinski definition) is 5. The van der Waals surface area contributed by atoms with Crippen LogP contribution in [-0.4, -0.2) is 37.5 Å². The highest BCUT2D eigenvalue weighted by Crippen LogP contribution is 2.28. The van der Waals surface area contributed by atoms with Gasteiger partial charge in [-0.15, -0.1) is 10.2 Å². The van der Waals surface area contributed by atoms with Crippen LogP contribution in [-0.2, 0) is 4.79 Å². The van der Waals surface area contributed by atoms with E-state index in [4.69, 9.17) is 0 Å². The second-order valence-corrected chi connectivity index (χ2v) is 8.38. The number of nitrogens with one attached hydrogen (secondary N) is 1. The summed E-state index contributed by atoms with van der Waals surface area (Å²) in [7, 11) is 0. The summed E-state index contributed by atoms with van der Waals surface area (Å²) in [6.07, 6.45) is 8.20. The van der Waals surface area contributed by atoms with Crippen LogP contribution in [0.3, 0.4) is 0 Å². The van der Waals surface area contributed by atoms with Gasteiger partial charge < -0.3 is 5.32 Å². The number of carbonyl (C=O) groups is 1. The first-order valence-corrected chi connectivity index (χ1v) is 11.0. The number of nitrogens with zero attached hydrogens (tertiary/aromatic N) is 4. The lowest BCUT2D eigenvalue weighted by molar-refractivity contribution is -0.119. The Morgan fingerprint density at radius 2 is 1.86 bits per heavy atom. The average Bonchev–Trinajstić information content (AvgIpc) is 3.19. The zero-order valence-corrected chi connectivity index (χ0v) is 17.3. The van der Waals surface area contributed by atoms with E-state index in [9.17, 15) is 4.79 Å². The van der Waals surface area contributed by atoms with Crippen LogP contribution in [0.2, 0.25) is 0 Å². The molecule has 2 atom stereocenters. The van der Waals surface area contributed by atoms with Crippen molar-refractivity contribution >= 4 is 17.7 Å². The zero-order valence-electron chi connectivity index (χ0n) is 16.5. The highest BCUT2D eigenvalue weighted by molar-refractivity contribution is 7.99. The van der Waals surface area contributed by atoms with E-state index < -0.39 is 0 Å². The molecule has 1 amide bonds. The third kappa shape index (κ3) is 4.67. The van der Waals surface area contributed by atoms with Crippen molar-refractivity contribution in [3.05, 3.63) is 54.9 Å². The van der Waals surface area contributed by atoms with E-state index in [1.165, 1.54) is 31.0 Å². The molecule has 0 radical (unpaired) electrons. The summed E-state index contributed by atoms with van der Waals surface area (Å²) in [5.74, 6) is 1.66. The molecule has 0 bridgehead atoms. The van der Waals surface area contributed by atoms with Gasteiger partial charge in [-0.25, -0.2) is 0 Å². The molecule has 0 spiro atoms. The molecule has 7 heteroatoms. The maximum absolute atomic E-state index is 12.6. The number of hydrogen-bond donors (Lipinski definition) is 1. The van der Waals surface area contributed by atoms with Crippen LogP contribution in [0.15, 0.2) is 60.0 Å². The van der Waals surface area contributed by atoms with Crippen LogP contribution in [0.1, 0.15) is 32.6 Å². The maximum Gasteiger partial charge on any atom is 0.230 e. The van der Waals surface area contributed by atoms with Gasteiger partial charge in [0.05, 0.1) is 5.75 Å². The Hall–Kier alpha value is -2.67. The van der Waals surface area contributed by atoms with Crippen LogP contribution >= 0.6 is 11.8 Å². The van der Waals surface area contributed by atoms with Crippen LogP contribution in [0.25, 0.3) is 17.1 Å². The summed E-state index contributed by atoms with van der Waals surface area (Å²) in [4.78, 5) is 16.6. The predicted molar refractivity (Wildman–Crippen MR) is 115 cm³/mol. The largest absolute Gasteiger partial charge is 0.352 e. The Labute approximate surface area is 175 Å². The van der Waals surface area contributed by atoms with Gasteiger partial charge in [0.2, 0.25) is 5.91 Å². The number of pyridine rings is 1. The molecule has 1 saturated carbocycles. The Kier molecular flexibility index (Phi) is 6.24. The highest BCUT2D eigenvalue weighted by Gasteiger charge is 2.23. The van der Waals surface area contributed by atoms with Crippen molar-refractivity contribution in [2.24, 2.45) is 5.92 Å². The molecule has 1 aliphatic carbocycles. The molecule has 2 aromatic heterocycles. The van der Waals surface area contributed by atoms with Gasteiger partial charge in [0.1, 0.15) is 0 Å². The molecule has 150 valence electrons. The number of amides is 1. The fourth-order valence-corrected chi connectivity index (χ4v) is 4.53. The van der Waals surface area contributed by atoms with E-state index >= 15 is 0 Å². The van der Waals surface area contributed by atoms with Gasteiger partial charge in [-0.1, -0.05) is 49.7 Å². The number of rotatable bonds is 6. The summed E-state index contributed by atoms with van der Waals surface area (Å²) in [6, 6.07) is 14.1. The molecular formula is C22H25N5OS. The maximum atomic E-state index is 12.6. The van der Waals surface area contributed by atoms with E-state index in [0.29, 0.717) is 16.8 Å². The predicted octanol–water partition coefficient (Wildman–Crippen LogP) is 4.12. The molecule has 1 aliphatic rings. The van der Waals surface area contributed by atoms with Gasteiger partial charge in [0.15, 0.2) is 11.0 Å². The van der Waals surface area contributed by atoms with Gasteiger partial charge in [0, 0.05) is 29.7 Å². The third-order valence-electron chi connectivity index (χ3n) is 5.38. The first-order chi connectivity index (χ1) is 14.2. The lowest BCUT2D eigenvalue weighted by Gasteiger charge is -2.29. The summed E-state index contributed by atoms with van der Waals surface area (Å²) in [6.45, 7) is 2.23. The molecule has 1 aromatic carbocycles. The van der Waals surface area contributed by atoms with Gasteiger partial charge in [-0.2, -0.15) is 0 Å². The van der Waals surface area contributed by atoms with Crippen molar-refractivity contribution in [3.63, 3.8) is 0 Å².